The van der Waals surface area contributed by atoms with Crippen molar-refractivity contribution < 1.29 is 4.74 Å². The summed E-state index contributed by atoms with van der Waals surface area (Å²) in [6, 6.07) is 0.506. The molecule has 1 fully saturated rings. The zero-order valence-corrected chi connectivity index (χ0v) is 11.3. The van der Waals surface area contributed by atoms with Gasteiger partial charge in [-0.3, -0.25) is 4.90 Å². The lowest BCUT2D eigenvalue weighted by molar-refractivity contribution is 0.0980. The molecule has 1 atom stereocenters. The van der Waals surface area contributed by atoms with Gasteiger partial charge in [-0.2, -0.15) is 0 Å². The van der Waals surface area contributed by atoms with Crippen LogP contribution in [-0.2, 0) is 4.74 Å². The number of thiocarbonyl (C=S) groups is 1. The minimum absolute atomic E-state index is 0.499. The van der Waals surface area contributed by atoms with Gasteiger partial charge in [0.05, 0.1) is 11.1 Å². The van der Waals surface area contributed by atoms with Gasteiger partial charge < -0.3 is 10.5 Å². The highest BCUT2D eigenvalue weighted by Gasteiger charge is 2.16. The molecule has 1 heterocycles. The van der Waals surface area contributed by atoms with Crippen LogP contribution in [0.4, 0.5) is 0 Å². The molecular weight excluding hydrogens is 220 g/mol. The van der Waals surface area contributed by atoms with E-state index in [2.05, 4.69) is 18.7 Å². The van der Waals surface area contributed by atoms with E-state index in [1.165, 1.54) is 25.7 Å². The zero-order chi connectivity index (χ0) is 12.0. The van der Waals surface area contributed by atoms with Gasteiger partial charge in [-0.05, 0) is 46.1 Å². The molecule has 1 aliphatic rings. The predicted octanol–water partition coefficient (Wildman–Crippen LogP) is 1.94. The topological polar surface area (TPSA) is 38.5 Å². The Kier molecular flexibility index (Phi) is 6.24. The summed E-state index contributed by atoms with van der Waals surface area (Å²) in [5.41, 5.74) is 5.59. The fraction of sp³-hybridized carbons (Fsp3) is 0.917. The van der Waals surface area contributed by atoms with Crippen LogP contribution >= 0.6 is 12.2 Å². The van der Waals surface area contributed by atoms with E-state index in [1.807, 2.05) is 0 Å². The van der Waals surface area contributed by atoms with E-state index >= 15 is 0 Å². The molecule has 94 valence electrons. The first-order valence-corrected chi connectivity index (χ1v) is 6.64. The lowest BCUT2D eigenvalue weighted by Gasteiger charge is -2.26. The Morgan fingerprint density at radius 3 is 2.81 bits per heavy atom. The Morgan fingerprint density at radius 2 is 2.31 bits per heavy atom. The smallest absolute Gasteiger partial charge is 0.0870 e. The van der Waals surface area contributed by atoms with Crippen LogP contribution in [0.2, 0.25) is 0 Å². The molecule has 0 radical (unpaired) electrons. The number of nitrogens with two attached hydrogens (primary N) is 1. The van der Waals surface area contributed by atoms with Crippen molar-refractivity contribution in [2.24, 2.45) is 5.73 Å². The highest BCUT2D eigenvalue weighted by atomic mass is 32.1. The summed E-state index contributed by atoms with van der Waals surface area (Å²) in [6.45, 7) is 7.12. The van der Waals surface area contributed by atoms with Gasteiger partial charge in [0.2, 0.25) is 0 Å². The first-order valence-electron chi connectivity index (χ1n) is 6.23. The number of hydrogen-bond donors (Lipinski definition) is 1. The van der Waals surface area contributed by atoms with Crippen molar-refractivity contribution in [1.29, 1.82) is 0 Å². The van der Waals surface area contributed by atoms with E-state index in [0.29, 0.717) is 17.1 Å². The molecule has 4 heteroatoms. The highest BCUT2D eigenvalue weighted by molar-refractivity contribution is 7.80. The number of rotatable bonds is 7. The third kappa shape index (κ3) is 5.23. The fourth-order valence-corrected chi connectivity index (χ4v) is 2.28. The van der Waals surface area contributed by atoms with Gasteiger partial charge in [0.15, 0.2) is 0 Å². The molecule has 1 unspecified atom stereocenters. The van der Waals surface area contributed by atoms with Gasteiger partial charge in [-0.25, -0.2) is 0 Å². The minimum atomic E-state index is 0.499. The van der Waals surface area contributed by atoms with Crippen LogP contribution in [0.15, 0.2) is 0 Å². The normalized spacial score (nSPS) is 20.9. The Morgan fingerprint density at radius 1 is 1.56 bits per heavy atom. The second-order valence-corrected chi connectivity index (χ2v) is 5.33. The Balaban J connectivity index is 2.18. The molecule has 0 aromatic rings. The summed E-state index contributed by atoms with van der Waals surface area (Å²) in [6.07, 6.45) is 5.30. The van der Waals surface area contributed by atoms with Crippen molar-refractivity contribution >= 4 is 17.2 Å². The minimum Gasteiger partial charge on any atom is -0.392 e. The molecule has 0 aromatic carbocycles. The van der Waals surface area contributed by atoms with E-state index in [4.69, 9.17) is 22.7 Å². The van der Waals surface area contributed by atoms with E-state index < -0.39 is 0 Å². The van der Waals surface area contributed by atoms with E-state index in [9.17, 15) is 0 Å². The first kappa shape index (κ1) is 13.9. The summed E-state index contributed by atoms with van der Waals surface area (Å²) in [5, 5.41) is 0. The van der Waals surface area contributed by atoms with Crippen molar-refractivity contribution in [3.05, 3.63) is 0 Å². The zero-order valence-electron chi connectivity index (χ0n) is 10.4. The lowest BCUT2D eigenvalue weighted by Crippen LogP contribution is -2.38. The number of nitrogens with zero attached hydrogens (tertiary/aromatic N) is 1. The molecule has 2 N–H and O–H groups in total. The van der Waals surface area contributed by atoms with Crippen LogP contribution in [0.5, 0.6) is 0 Å². The van der Waals surface area contributed by atoms with E-state index in [-0.39, 0.29) is 0 Å². The van der Waals surface area contributed by atoms with Gasteiger partial charge in [0.1, 0.15) is 0 Å². The maximum absolute atomic E-state index is 5.61. The van der Waals surface area contributed by atoms with Gasteiger partial charge in [-0.1, -0.05) is 12.2 Å². The Bertz CT molecular complexity index is 215. The van der Waals surface area contributed by atoms with Crippen LogP contribution in [0.1, 0.15) is 39.5 Å². The molecule has 16 heavy (non-hydrogen) atoms. The average molecular weight is 244 g/mol. The molecule has 3 nitrogen and oxygen atoms in total. The van der Waals surface area contributed by atoms with E-state index in [0.717, 1.165) is 19.7 Å². The van der Waals surface area contributed by atoms with Crippen molar-refractivity contribution in [3.8, 4) is 0 Å². The fourth-order valence-electron chi connectivity index (χ4n) is 2.11. The summed E-state index contributed by atoms with van der Waals surface area (Å²) < 4.78 is 5.61. The number of ether oxygens (including phenoxy) is 1. The SMILES string of the molecule is CC(C)N(CCCC1CCCO1)CC(N)=S. The van der Waals surface area contributed by atoms with Crippen molar-refractivity contribution in [2.45, 2.75) is 51.7 Å². The van der Waals surface area contributed by atoms with Gasteiger partial charge >= 0.3 is 0 Å². The van der Waals surface area contributed by atoms with Crippen LogP contribution in [0.3, 0.4) is 0 Å². The predicted molar refractivity (Wildman–Crippen MR) is 71.7 cm³/mol. The van der Waals surface area contributed by atoms with Crippen molar-refractivity contribution in [3.63, 3.8) is 0 Å². The standard InChI is InChI=1S/C12H24N2OS/c1-10(2)14(9-12(13)16)7-3-5-11-6-4-8-15-11/h10-11H,3-9H2,1-2H3,(H2,13,16). The maximum atomic E-state index is 5.61. The Labute approximate surface area is 104 Å². The highest BCUT2D eigenvalue weighted by Crippen LogP contribution is 2.17. The summed E-state index contributed by atoms with van der Waals surface area (Å²) in [7, 11) is 0. The van der Waals surface area contributed by atoms with E-state index in [1.54, 1.807) is 0 Å². The molecule has 0 bridgehead atoms. The van der Waals surface area contributed by atoms with Gasteiger partial charge in [0, 0.05) is 19.2 Å². The molecule has 0 saturated carbocycles. The second kappa shape index (κ2) is 7.20. The molecule has 1 aliphatic heterocycles. The maximum Gasteiger partial charge on any atom is 0.0870 e. The molecule has 0 aliphatic carbocycles. The Hall–Kier alpha value is -0.190. The molecule has 0 spiro atoms. The van der Waals surface area contributed by atoms with Crippen molar-refractivity contribution in [2.75, 3.05) is 19.7 Å². The summed E-state index contributed by atoms with van der Waals surface area (Å²) in [4.78, 5) is 2.92. The lowest BCUT2D eigenvalue weighted by atomic mass is 10.1. The number of hydrogen-bond acceptors (Lipinski definition) is 3. The average Bonchev–Trinajstić information content (AvgIpc) is 2.68. The summed E-state index contributed by atoms with van der Waals surface area (Å²) >= 11 is 4.96. The monoisotopic (exact) mass is 244 g/mol. The van der Waals surface area contributed by atoms with Crippen LogP contribution in [0, 0.1) is 0 Å². The van der Waals surface area contributed by atoms with Crippen LogP contribution in [0.25, 0.3) is 0 Å². The third-order valence-corrected chi connectivity index (χ3v) is 3.21. The molecule has 1 saturated heterocycles. The second-order valence-electron chi connectivity index (χ2n) is 4.81. The molecule has 0 aromatic heterocycles. The molecule has 0 amide bonds. The first-order chi connectivity index (χ1) is 7.59. The van der Waals surface area contributed by atoms with Crippen LogP contribution < -0.4 is 5.73 Å². The van der Waals surface area contributed by atoms with Crippen LogP contribution in [-0.4, -0.2) is 41.7 Å². The quantitative estimate of drug-likeness (QED) is 0.695. The van der Waals surface area contributed by atoms with Crippen molar-refractivity contribution in [1.82, 2.24) is 4.90 Å². The molecular formula is C12H24N2OS. The molecule has 1 rings (SSSR count). The summed E-state index contributed by atoms with van der Waals surface area (Å²) in [5.74, 6) is 0. The third-order valence-electron chi connectivity index (χ3n) is 3.08. The largest absolute Gasteiger partial charge is 0.392 e. The van der Waals surface area contributed by atoms with Gasteiger partial charge in [0.25, 0.3) is 0 Å². The van der Waals surface area contributed by atoms with Gasteiger partial charge in [-0.15, -0.1) is 0 Å².